The summed E-state index contributed by atoms with van der Waals surface area (Å²) in [6.07, 6.45) is 3.79. The largest absolute Gasteiger partial charge is 0.375 e. The zero-order valence-electron chi connectivity index (χ0n) is 15.8. The average Bonchev–Trinajstić information content (AvgIpc) is 2.72. The summed E-state index contributed by atoms with van der Waals surface area (Å²) in [7, 11) is 0. The lowest BCUT2D eigenvalue weighted by Gasteiger charge is -2.28. The highest BCUT2D eigenvalue weighted by atomic mass is 32.2. The Bertz CT molecular complexity index is 804. The number of carbonyl (C=O) groups is 2. The first kappa shape index (κ1) is 20.1. The first-order valence-electron chi connectivity index (χ1n) is 9.51. The van der Waals surface area contributed by atoms with Crippen molar-refractivity contribution in [3.05, 3.63) is 48.5 Å². The molecule has 4 N–H and O–H groups in total. The smallest absolute Gasteiger partial charge is 0.243 e. The van der Waals surface area contributed by atoms with Gasteiger partial charge in [-0.2, -0.15) is 0 Å². The zero-order valence-corrected chi connectivity index (χ0v) is 16.6. The van der Waals surface area contributed by atoms with Crippen LogP contribution in [0.25, 0.3) is 0 Å². The molecule has 2 aromatic carbocycles. The number of nitrogens with one attached hydrogen (secondary N) is 2. The third kappa shape index (κ3) is 5.92. The molecule has 148 valence electrons. The number of anilines is 3. The molecule has 1 saturated heterocycles. The van der Waals surface area contributed by atoms with Crippen LogP contribution in [0.1, 0.15) is 19.3 Å². The fourth-order valence-electron chi connectivity index (χ4n) is 3.18. The van der Waals surface area contributed by atoms with Crippen LogP contribution in [0.5, 0.6) is 0 Å². The van der Waals surface area contributed by atoms with Gasteiger partial charge in [0.05, 0.1) is 12.3 Å². The van der Waals surface area contributed by atoms with Crippen LogP contribution < -0.4 is 21.3 Å². The van der Waals surface area contributed by atoms with Crippen molar-refractivity contribution < 1.29 is 9.59 Å². The van der Waals surface area contributed by atoms with Crippen molar-refractivity contribution in [2.75, 3.05) is 40.9 Å². The minimum absolute atomic E-state index is 0.125. The van der Waals surface area contributed by atoms with E-state index >= 15 is 0 Å². The molecule has 1 aliphatic rings. The predicted octanol–water partition coefficient (Wildman–Crippen LogP) is 3.30. The molecule has 2 aromatic rings. The fraction of sp³-hybridized carbons (Fsp3) is 0.333. The predicted molar refractivity (Wildman–Crippen MR) is 116 cm³/mol. The number of carbonyl (C=O) groups excluding carboxylic acids is 2. The van der Waals surface area contributed by atoms with E-state index in [1.807, 2.05) is 36.4 Å². The molecule has 28 heavy (non-hydrogen) atoms. The van der Waals surface area contributed by atoms with E-state index in [9.17, 15) is 9.59 Å². The van der Waals surface area contributed by atoms with Crippen LogP contribution in [-0.4, -0.2) is 37.2 Å². The van der Waals surface area contributed by atoms with Crippen molar-refractivity contribution >= 4 is 40.6 Å². The maximum absolute atomic E-state index is 12.3. The molecular weight excluding hydrogens is 372 g/mol. The van der Waals surface area contributed by atoms with E-state index in [0.717, 1.165) is 29.4 Å². The van der Waals surface area contributed by atoms with Gasteiger partial charge in [0.15, 0.2) is 0 Å². The first-order chi connectivity index (χ1) is 13.6. The minimum Gasteiger partial charge on any atom is -0.375 e. The van der Waals surface area contributed by atoms with E-state index in [0.29, 0.717) is 0 Å². The number of piperidine rings is 1. The first-order valence-corrected chi connectivity index (χ1v) is 10.5. The fourth-order valence-corrected chi connectivity index (χ4v) is 3.94. The van der Waals surface area contributed by atoms with Crippen LogP contribution in [0.3, 0.4) is 0 Å². The Labute approximate surface area is 169 Å². The van der Waals surface area contributed by atoms with E-state index in [2.05, 4.69) is 27.7 Å². The Morgan fingerprint density at radius 1 is 1.00 bits per heavy atom. The summed E-state index contributed by atoms with van der Waals surface area (Å²) in [6, 6.07) is 15.6. The van der Waals surface area contributed by atoms with Gasteiger partial charge in [-0.15, -0.1) is 11.8 Å². The Balaban J connectivity index is 1.51. The van der Waals surface area contributed by atoms with Crippen molar-refractivity contribution in [3.8, 4) is 0 Å². The normalized spacial score (nSPS) is 13.8. The lowest BCUT2D eigenvalue weighted by Crippen LogP contribution is -2.29. The Morgan fingerprint density at radius 2 is 1.71 bits per heavy atom. The SMILES string of the molecule is NC(=O)CSc1ccccc1NCC(=O)Nc1ccc(N2CCCCC2)cc1. The number of para-hydroxylation sites is 1. The monoisotopic (exact) mass is 398 g/mol. The van der Waals surface area contributed by atoms with E-state index in [1.165, 1.54) is 36.7 Å². The summed E-state index contributed by atoms with van der Waals surface area (Å²) in [5.41, 5.74) is 8.01. The summed E-state index contributed by atoms with van der Waals surface area (Å²) < 4.78 is 0. The molecule has 2 amide bonds. The van der Waals surface area contributed by atoms with E-state index in [4.69, 9.17) is 5.73 Å². The summed E-state index contributed by atoms with van der Waals surface area (Å²) in [6.45, 7) is 2.34. The number of nitrogens with zero attached hydrogens (tertiary/aromatic N) is 1. The molecule has 0 atom stereocenters. The van der Waals surface area contributed by atoms with Gasteiger partial charge >= 0.3 is 0 Å². The molecule has 1 aliphatic heterocycles. The van der Waals surface area contributed by atoms with E-state index in [1.54, 1.807) is 0 Å². The van der Waals surface area contributed by atoms with Crippen LogP contribution in [0.15, 0.2) is 53.4 Å². The molecule has 1 fully saturated rings. The summed E-state index contributed by atoms with van der Waals surface area (Å²) in [5.74, 6) is -0.292. The van der Waals surface area contributed by atoms with Gasteiger partial charge in [0.1, 0.15) is 0 Å². The molecule has 7 heteroatoms. The van der Waals surface area contributed by atoms with Gasteiger partial charge in [-0.3, -0.25) is 9.59 Å². The molecule has 0 aromatic heterocycles. The number of benzene rings is 2. The van der Waals surface area contributed by atoms with Crippen molar-refractivity contribution in [2.24, 2.45) is 5.73 Å². The van der Waals surface area contributed by atoms with Crippen LogP contribution in [0.4, 0.5) is 17.1 Å². The topological polar surface area (TPSA) is 87.5 Å². The Morgan fingerprint density at radius 3 is 2.43 bits per heavy atom. The highest BCUT2D eigenvalue weighted by Gasteiger charge is 2.11. The molecular formula is C21H26N4O2S. The number of thioether (sulfide) groups is 1. The molecule has 6 nitrogen and oxygen atoms in total. The molecule has 0 unspecified atom stereocenters. The third-order valence-electron chi connectivity index (χ3n) is 4.57. The average molecular weight is 399 g/mol. The third-order valence-corrected chi connectivity index (χ3v) is 5.66. The summed E-state index contributed by atoms with van der Waals surface area (Å²) in [5, 5.41) is 6.04. The second-order valence-electron chi connectivity index (χ2n) is 6.75. The summed E-state index contributed by atoms with van der Waals surface area (Å²) >= 11 is 1.35. The lowest BCUT2D eigenvalue weighted by atomic mass is 10.1. The van der Waals surface area contributed by atoms with Gasteiger partial charge in [0.25, 0.3) is 0 Å². The van der Waals surface area contributed by atoms with Crippen molar-refractivity contribution in [2.45, 2.75) is 24.2 Å². The second-order valence-corrected chi connectivity index (χ2v) is 7.76. The van der Waals surface area contributed by atoms with Crippen molar-refractivity contribution in [1.82, 2.24) is 0 Å². The Hall–Kier alpha value is -2.67. The highest BCUT2D eigenvalue weighted by Crippen LogP contribution is 2.26. The lowest BCUT2D eigenvalue weighted by molar-refractivity contribution is -0.116. The van der Waals surface area contributed by atoms with Gasteiger partial charge in [-0.25, -0.2) is 0 Å². The molecule has 0 spiro atoms. The molecule has 3 rings (SSSR count). The minimum atomic E-state index is -0.370. The number of amides is 2. The zero-order chi connectivity index (χ0) is 19.8. The van der Waals surface area contributed by atoms with Crippen molar-refractivity contribution in [3.63, 3.8) is 0 Å². The highest BCUT2D eigenvalue weighted by molar-refractivity contribution is 8.00. The second kappa shape index (κ2) is 10.0. The van der Waals surface area contributed by atoms with Crippen LogP contribution >= 0.6 is 11.8 Å². The molecule has 0 saturated carbocycles. The summed E-state index contributed by atoms with van der Waals surface area (Å²) in [4.78, 5) is 26.6. The van der Waals surface area contributed by atoms with E-state index in [-0.39, 0.29) is 24.1 Å². The molecule has 0 bridgehead atoms. The maximum Gasteiger partial charge on any atom is 0.243 e. The molecule has 0 aliphatic carbocycles. The van der Waals surface area contributed by atoms with Gasteiger partial charge in [0, 0.05) is 35.0 Å². The standard InChI is InChI=1S/C21H26N4O2S/c22-20(26)15-28-19-7-3-2-6-18(19)23-14-21(27)24-16-8-10-17(11-9-16)25-12-4-1-5-13-25/h2-3,6-11,23H,1,4-5,12-15H2,(H2,22,26)(H,24,27). The number of primary amides is 1. The van der Waals surface area contributed by atoms with Gasteiger partial charge in [-0.1, -0.05) is 12.1 Å². The molecule has 0 radical (unpaired) electrons. The van der Waals surface area contributed by atoms with Gasteiger partial charge < -0.3 is 21.3 Å². The van der Waals surface area contributed by atoms with Gasteiger partial charge in [0.2, 0.25) is 11.8 Å². The Kier molecular flexibility index (Phi) is 7.19. The van der Waals surface area contributed by atoms with Crippen LogP contribution in [-0.2, 0) is 9.59 Å². The quantitative estimate of drug-likeness (QED) is 0.594. The van der Waals surface area contributed by atoms with Crippen molar-refractivity contribution in [1.29, 1.82) is 0 Å². The number of nitrogens with two attached hydrogens (primary N) is 1. The molecule has 1 heterocycles. The maximum atomic E-state index is 12.3. The van der Waals surface area contributed by atoms with Crippen LogP contribution in [0.2, 0.25) is 0 Å². The van der Waals surface area contributed by atoms with E-state index < -0.39 is 0 Å². The van der Waals surface area contributed by atoms with Gasteiger partial charge in [-0.05, 0) is 55.7 Å². The van der Waals surface area contributed by atoms with Crippen LogP contribution in [0, 0.1) is 0 Å². The number of hydrogen-bond acceptors (Lipinski definition) is 5. The number of hydrogen-bond donors (Lipinski definition) is 3. The number of rotatable bonds is 8.